The molecule has 0 bridgehead atoms. The van der Waals surface area contributed by atoms with Gasteiger partial charge in [-0.05, 0) is 73.1 Å². The van der Waals surface area contributed by atoms with Crippen LogP contribution in [0.25, 0.3) is 0 Å². The number of nitrogens with one attached hydrogen (secondary N) is 1. The van der Waals surface area contributed by atoms with Crippen molar-refractivity contribution in [1.82, 2.24) is 5.32 Å². The van der Waals surface area contributed by atoms with Crippen LogP contribution in [0.2, 0.25) is 0 Å². The Morgan fingerprint density at radius 1 is 1.12 bits per heavy atom. The zero-order chi connectivity index (χ0) is 17.3. The average molecular weight is 341 g/mol. The van der Waals surface area contributed by atoms with Gasteiger partial charge in [-0.15, -0.1) is 0 Å². The fraction of sp³-hybridized carbons (Fsp3) is 0.611. The predicted molar refractivity (Wildman–Crippen MR) is 83.9 cm³/mol. The minimum Gasteiger partial charge on any atom is -0.475 e. The van der Waals surface area contributed by atoms with Gasteiger partial charge in [-0.2, -0.15) is 13.2 Å². The summed E-state index contributed by atoms with van der Waals surface area (Å²) in [6, 6.07) is 7.07. The molecule has 0 amide bonds. The lowest BCUT2D eigenvalue weighted by molar-refractivity contribution is -0.192. The Bertz CT molecular complexity index is 611. The molecule has 0 radical (unpaired) electrons. The number of halogens is 3. The third-order valence-electron chi connectivity index (χ3n) is 5.28. The highest BCUT2D eigenvalue weighted by Gasteiger charge is 2.39. The first-order valence-corrected chi connectivity index (χ1v) is 8.50. The van der Waals surface area contributed by atoms with Crippen molar-refractivity contribution in [3.8, 4) is 0 Å². The van der Waals surface area contributed by atoms with Crippen LogP contribution in [0.4, 0.5) is 13.2 Å². The van der Waals surface area contributed by atoms with E-state index in [1.807, 2.05) is 0 Å². The molecule has 3 aliphatic rings. The maximum atomic E-state index is 10.6. The van der Waals surface area contributed by atoms with Crippen molar-refractivity contribution in [1.29, 1.82) is 0 Å². The topological polar surface area (TPSA) is 49.3 Å². The zero-order valence-corrected chi connectivity index (χ0v) is 13.4. The van der Waals surface area contributed by atoms with Gasteiger partial charge in [0.15, 0.2) is 0 Å². The van der Waals surface area contributed by atoms with E-state index in [1.54, 1.807) is 16.7 Å². The van der Waals surface area contributed by atoms with Crippen LogP contribution >= 0.6 is 0 Å². The Hall–Kier alpha value is -1.56. The van der Waals surface area contributed by atoms with E-state index in [1.165, 1.54) is 38.6 Å². The molecule has 2 atom stereocenters. The molecule has 2 unspecified atom stereocenters. The summed E-state index contributed by atoms with van der Waals surface area (Å²) >= 11 is 0. The van der Waals surface area contributed by atoms with E-state index < -0.39 is 12.1 Å². The largest absolute Gasteiger partial charge is 0.490 e. The van der Waals surface area contributed by atoms with Gasteiger partial charge in [0, 0.05) is 6.54 Å². The standard InChI is InChI=1S/C16H21N.C2HF3O2/c1-2-13-10-17-9-8-12-6-7-14(11-4-5-11)15(3-1)16(12)13;3-2(4,5)1(6)7/h1-3,11-12,14,17H,4-10H2;(H,6,7). The normalized spacial score (nSPS) is 25.8. The van der Waals surface area contributed by atoms with Crippen molar-refractivity contribution in [2.75, 3.05) is 6.54 Å². The first-order chi connectivity index (χ1) is 11.4. The molecule has 1 aromatic rings. The van der Waals surface area contributed by atoms with Crippen LogP contribution in [0.3, 0.4) is 0 Å². The predicted octanol–water partition coefficient (Wildman–Crippen LogP) is 4.18. The molecule has 6 heteroatoms. The number of hydrogen-bond donors (Lipinski definition) is 2. The summed E-state index contributed by atoms with van der Waals surface area (Å²) in [5, 5.41) is 10.7. The minimum atomic E-state index is -5.08. The highest BCUT2D eigenvalue weighted by molar-refractivity contribution is 5.73. The Kier molecular flexibility index (Phi) is 4.85. The van der Waals surface area contributed by atoms with Crippen molar-refractivity contribution >= 4 is 5.97 Å². The Morgan fingerprint density at radius 2 is 1.83 bits per heavy atom. The monoisotopic (exact) mass is 341 g/mol. The summed E-state index contributed by atoms with van der Waals surface area (Å²) in [6.07, 6.45) is 2.12. The molecular weight excluding hydrogens is 319 g/mol. The number of carboxylic acid groups (broad SMARTS) is 1. The molecule has 0 aromatic heterocycles. The lowest BCUT2D eigenvalue weighted by Crippen LogP contribution is -2.21. The van der Waals surface area contributed by atoms with Crippen molar-refractivity contribution in [3.05, 3.63) is 34.9 Å². The van der Waals surface area contributed by atoms with Gasteiger partial charge in [0.2, 0.25) is 0 Å². The smallest absolute Gasteiger partial charge is 0.475 e. The SMILES string of the molecule is O=C(O)C(F)(F)F.c1cc2c3c(c1)C(C1CC1)CCC3CCNC2. The minimum absolute atomic E-state index is 0.853. The summed E-state index contributed by atoms with van der Waals surface area (Å²) in [6.45, 7) is 2.30. The second kappa shape index (κ2) is 6.75. The van der Waals surface area contributed by atoms with E-state index in [9.17, 15) is 13.2 Å². The van der Waals surface area contributed by atoms with Gasteiger partial charge in [-0.3, -0.25) is 0 Å². The molecule has 1 saturated carbocycles. The van der Waals surface area contributed by atoms with E-state index >= 15 is 0 Å². The number of benzene rings is 1. The Morgan fingerprint density at radius 3 is 2.46 bits per heavy atom. The molecule has 2 N–H and O–H groups in total. The van der Waals surface area contributed by atoms with Crippen LogP contribution in [-0.4, -0.2) is 23.8 Å². The third kappa shape index (κ3) is 3.74. The molecule has 132 valence electrons. The van der Waals surface area contributed by atoms with Crippen LogP contribution in [0.1, 0.15) is 60.6 Å². The van der Waals surface area contributed by atoms with Gasteiger partial charge < -0.3 is 10.4 Å². The highest BCUT2D eigenvalue weighted by Crippen LogP contribution is 2.52. The summed E-state index contributed by atoms with van der Waals surface area (Å²) in [5.74, 6) is 0.0247. The zero-order valence-electron chi connectivity index (χ0n) is 13.4. The molecule has 0 spiro atoms. The van der Waals surface area contributed by atoms with Crippen LogP contribution in [-0.2, 0) is 11.3 Å². The summed E-state index contributed by atoms with van der Waals surface area (Å²) in [4.78, 5) is 8.90. The molecule has 1 aromatic carbocycles. The van der Waals surface area contributed by atoms with Crippen LogP contribution in [0, 0.1) is 5.92 Å². The number of aliphatic carboxylic acids is 1. The van der Waals surface area contributed by atoms with E-state index in [0.29, 0.717) is 0 Å². The highest BCUT2D eigenvalue weighted by atomic mass is 19.4. The van der Waals surface area contributed by atoms with Crippen LogP contribution < -0.4 is 5.32 Å². The van der Waals surface area contributed by atoms with E-state index in [0.717, 1.165) is 24.3 Å². The van der Waals surface area contributed by atoms with Crippen molar-refractivity contribution < 1.29 is 23.1 Å². The molecule has 1 fully saturated rings. The van der Waals surface area contributed by atoms with E-state index in [4.69, 9.17) is 9.90 Å². The molecule has 1 heterocycles. The number of rotatable bonds is 1. The van der Waals surface area contributed by atoms with Crippen molar-refractivity contribution in [2.24, 2.45) is 5.92 Å². The van der Waals surface area contributed by atoms with Gasteiger partial charge >= 0.3 is 12.1 Å². The van der Waals surface area contributed by atoms with Gasteiger partial charge in [0.25, 0.3) is 0 Å². The first kappa shape index (κ1) is 17.3. The quantitative estimate of drug-likeness (QED) is 0.805. The molecule has 3 nitrogen and oxygen atoms in total. The van der Waals surface area contributed by atoms with Crippen molar-refractivity contribution in [3.63, 3.8) is 0 Å². The fourth-order valence-electron chi connectivity index (χ4n) is 4.07. The van der Waals surface area contributed by atoms with Gasteiger partial charge in [-0.25, -0.2) is 4.79 Å². The Labute approximate surface area is 139 Å². The Balaban J connectivity index is 0.000000209. The number of carboxylic acids is 1. The molecule has 4 rings (SSSR count). The lowest BCUT2D eigenvalue weighted by Gasteiger charge is -2.32. The third-order valence-corrected chi connectivity index (χ3v) is 5.28. The maximum Gasteiger partial charge on any atom is 0.490 e. The average Bonchev–Trinajstić information content (AvgIpc) is 3.35. The molecule has 2 aliphatic carbocycles. The number of alkyl halides is 3. The molecule has 1 aliphatic heterocycles. The van der Waals surface area contributed by atoms with Gasteiger partial charge in [0.05, 0.1) is 0 Å². The lowest BCUT2D eigenvalue weighted by atomic mass is 9.72. The van der Waals surface area contributed by atoms with Gasteiger partial charge in [0.1, 0.15) is 0 Å². The molecular formula is C18H22F3NO2. The summed E-state index contributed by atoms with van der Waals surface area (Å²) in [7, 11) is 0. The summed E-state index contributed by atoms with van der Waals surface area (Å²) in [5.41, 5.74) is 5.07. The second-order valence-electron chi connectivity index (χ2n) is 6.91. The maximum absolute atomic E-state index is 10.6. The van der Waals surface area contributed by atoms with Crippen LogP contribution in [0.15, 0.2) is 18.2 Å². The fourth-order valence-corrected chi connectivity index (χ4v) is 4.07. The number of hydrogen-bond acceptors (Lipinski definition) is 2. The van der Waals surface area contributed by atoms with Crippen LogP contribution in [0.5, 0.6) is 0 Å². The summed E-state index contributed by atoms with van der Waals surface area (Å²) < 4.78 is 31.7. The van der Waals surface area contributed by atoms with Gasteiger partial charge in [-0.1, -0.05) is 18.2 Å². The molecule has 24 heavy (non-hydrogen) atoms. The van der Waals surface area contributed by atoms with Crippen molar-refractivity contribution in [2.45, 2.75) is 56.7 Å². The second-order valence-corrected chi connectivity index (χ2v) is 6.91. The van der Waals surface area contributed by atoms with E-state index in [-0.39, 0.29) is 0 Å². The molecule has 0 saturated heterocycles. The van der Waals surface area contributed by atoms with E-state index in [2.05, 4.69) is 23.5 Å². The first-order valence-electron chi connectivity index (χ1n) is 8.50. The number of carbonyl (C=O) groups is 1.